The first-order valence-corrected chi connectivity index (χ1v) is 12.0. The van der Waals surface area contributed by atoms with Crippen LogP contribution in [0.1, 0.15) is 73.1 Å². The summed E-state index contributed by atoms with van der Waals surface area (Å²) in [6.45, 7) is 8.64. The molecule has 1 amide bonds. The number of rotatable bonds is 8. The molecule has 0 atom stereocenters. The SMILES string of the molecule is C=C/C(OC)=C(\C=C\Cl)c1cc(C(=O)NN2CCCCC2)c(C)n1CC1CCCCC1. The van der Waals surface area contributed by atoms with E-state index in [1.54, 1.807) is 13.2 Å². The molecule has 170 valence electrons. The number of hydrogen-bond acceptors (Lipinski definition) is 3. The summed E-state index contributed by atoms with van der Waals surface area (Å²) in [5.41, 5.74) is 8.07. The van der Waals surface area contributed by atoms with Gasteiger partial charge >= 0.3 is 0 Å². The van der Waals surface area contributed by atoms with Gasteiger partial charge in [0.1, 0.15) is 5.76 Å². The number of amides is 1. The third kappa shape index (κ3) is 5.83. The Morgan fingerprint density at radius 3 is 2.52 bits per heavy atom. The molecule has 0 bridgehead atoms. The van der Waals surface area contributed by atoms with Crippen LogP contribution >= 0.6 is 11.6 Å². The van der Waals surface area contributed by atoms with Crippen molar-refractivity contribution >= 4 is 23.1 Å². The van der Waals surface area contributed by atoms with Gasteiger partial charge in [-0.15, -0.1) is 0 Å². The van der Waals surface area contributed by atoms with Gasteiger partial charge in [-0.25, -0.2) is 5.01 Å². The number of carbonyl (C=O) groups is 1. The molecule has 1 saturated carbocycles. The van der Waals surface area contributed by atoms with Gasteiger partial charge < -0.3 is 9.30 Å². The molecule has 2 aliphatic rings. The van der Waals surface area contributed by atoms with E-state index < -0.39 is 0 Å². The summed E-state index contributed by atoms with van der Waals surface area (Å²) >= 11 is 5.99. The fourth-order valence-electron chi connectivity index (χ4n) is 4.83. The number of aromatic nitrogens is 1. The average Bonchev–Trinajstić information content (AvgIpc) is 3.11. The Bertz CT molecular complexity index is 828. The van der Waals surface area contributed by atoms with E-state index in [1.165, 1.54) is 44.1 Å². The topological polar surface area (TPSA) is 46.5 Å². The van der Waals surface area contributed by atoms with Crippen molar-refractivity contribution in [1.82, 2.24) is 15.0 Å². The van der Waals surface area contributed by atoms with Crippen LogP contribution in [0, 0.1) is 12.8 Å². The van der Waals surface area contributed by atoms with Crippen molar-refractivity contribution in [3.8, 4) is 0 Å². The lowest BCUT2D eigenvalue weighted by Gasteiger charge is -2.27. The highest BCUT2D eigenvalue weighted by molar-refractivity contribution is 6.26. The summed E-state index contributed by atoms with van der Waals surface area (Å²) in [7, 11) is 1.63. The van der Waals surface area contributed by atoms with E-state index in [0.717, 1.165) is 49.4 Å². The Hall–Kier alpha value is -1.98. The van der Waals surface area contributed by atoms with Crippen molar-refractivity contribution in [2.45, 2.75) is 64.8 Å². The first-order valence-electron chi connectivity index (χ1n) is 11.5. The summed E-state index contributed by atoms with van der Waals surface area (Å²) in [5, 5.41) is 2.04. The Morgan fingerprint density at radius 1 is 1.23 bits per heavy atom. The molecular formula is C25H36ClN3O2. The molecule has 0 radical (unpaired) electrons. The number of hydrazine groups is 1. The van der Waals surface area contributed by atoms with Crippen LogP contribution in [0.4, 0.5) is 0 Å². The highest BCUT2D eigenvalue weighted by Crippen LogP contribution is 2.31. The highest BCUT2D eigenvalue weighted by Gasteiger charge is 2.24. The number of piperidine rings is 1. The molecule has 3 rings (SSSR count). The lowest BCUT2D eigenvalue weighted by atomic mass is 9.89. The minimum Gasteiger partial charge on any atom is -0.496 e. The predicted molar refractivity (Wildman–Crippen MR) is 128 cm³/mol. The van der Waals surface area contributed by atoms with Crippen molar-refractivity contribution in [3.63, 3.8) is 0 Å². The molecule has 1 aromatic heterocycles. The number of allylic oxidation sites excluding steroid dienone is 3. The van der Waals surface area contributed by atoms with E-state index >= 15 is 0 Å². The van der Waals surface area contributed by atoms with Gasteiger partial charge in [0, 0.05) is 36.4 Å². The molecule has 0 aromatic carbocycles. The van der Waals surface area contributed by atoms with Crippen molar-refractivity contribution in [2.24, 2.45) is 5.92 Å². The van der Waals surface area contributed by atoms with Crippen LogP contribution in [-0.4, -0.2) is 35.7 Å². The lowest BCUT2D eigenvalue weighted by Crippen LogP contribution is -2.45. The van der Waals surface area contributed by atoms with E-state index in [4.69, 9.17) is 16.3 Å². The van der Waals surface area contributed by atoms with Crippen LogP contribution in [0.2, 0.25) is 0 Å². The Balaban J connectivity index is 2.00. The Kier molecular flexibility index (Phi) is 8.85. The summed E-state index contributed by atoms with van der Waals surface area (Å²) < 4.78 is 7.85. The average molecular weight is 446 g/mol. The number of halogens is 1. The van der Waals surface area contributed by atoms with Gasteiger partial charge in [-0.3, -0.25) is 10.2 Å². The van der Waals surface area contributed by atoms with E-state index in [2.05, 4.69) is 16.6 Å². The summed E-state index contributed by atoms with van der Waals surface area (Å²) in [6.07, 6.45) is 13.3. The maximum absolute atomic E-state index is 13.2. The van der Waals surface area contributed by atoms with Crippen LogP contribution in [0.15, 0.2) is 36.1 Å². The molecule has 5 nitrogen and oxygen atoms in total. The maximum Gasteiger partial charge on any atom is 0.267 e. The van der Waals surface area contributed by atoms with E-state index in [0.29, 0.717) is 17.2 Å². The second-order valence-electron chi connectivity index (χ2n) is 8.61. The number of nitrogens with one attached hydrogen (secondary N) is 1. The summed E-state index contributed by atoms with van der Waals surface area (Å²) in [6, 6.07) is 1.98. The fourth-order valence-corrected chi connectivity index (χ4v) is 4.96. The van der Waals surface area contributed by atoms with Crippen LogP contribution in [0.5, 0.6) is 0 Å². The minimum atomic E-state index is -0.0465. The molecule has 1 aromatic rings. The number of hydrogen-bond donors (Lipinski definition) is 1. The minimum absolute atomic E-state index is 0.0465. The molecule has 0 unspecified atom stereocenters. The number of carbonyl (C=O) groups excluding carboxylic acids is 1. The fraction of sp³-hybridized carbons (Fsp3) is 0.560. The first kappa shape index (κ1) is 23.7. The predicted octanol–water partition coefficient (Wildman–Crippen LogP) is 5.80. The zero-order valence-corrected chi connectivity index (χ0v) is 19.7. The van der Waals surface area contributed by atoms with Crippen molar-refractivity contribution in [1.29, 1.82) is 0 Å². The Morgan fingerprint density at radius 2 is 1.90 bits per heavy atom. The zero-order valence-electron chi connectivity index (χ0n) is 19.0. The molecule has 1 N–H and O–H groups in total. The second-order valence-corrected chi connectivity index (χ2v) is 8.86. The summed E-state index contributed by atoms with van der Waals surface area (Å²) in [4.78, 5) is 13.2. The number of methoxy groups -OCH3 is 1. The first-order chi connectivity index (χ1) is 15.1. The number of nitrogens with zero attached hydrogens (tertiary/aromatic N) is 2. The summed E-state index contributed by atoms with van der Waals surface area (Å²) in [5.74, 6) is 1.21. The van der Waals surface area contributed by atoms with Crippen LogP contribution in [0.25, 0.3) is 5.57 Å². The lowest BCUT2D eigenvalue weighted by molar-refractivity contribution is 0.0749. The Labute approximate surface area is 191 Å². The van der Waals surface area contributed by atoms with Crippen LogP contribution < -0.4 is 5.43 Å². The van der Waals surface area contributed by atoms with Crippen LogP contribution in [-0.2, 0) is 11.3 Å². The van der Waals surface area contributed by atoms with Gasteiger partial charge in [0.15, 0.2) is 0 Å². The molecule has 1 aliphatic carbocycles. The molecule has 6 heteroatoms. The van der Waals surface area contributed by atoms with E-state index in [9.17, 15) is 4.79 Å². The second kappa shape index (κ2) is 11.6. The van der Waals surface area contributed by atoms with E-state index in [1.807, 2.05) is 24.1 Å². The van der Waals surface area contributed by atoms with Crippen molar-refractivity contribution < 1.29 is 9.53 Å². The van der Waals surface area contributed by atoms with Gasteiger partial charge in [-0.05, 0) is 56.7 Å². The van der Waals surface area contributed by atoms with Crippen molar-refractivity contribution in [3.05, 3.63) is 53.0 Å². The third-order valence-electron chi connectivity index (χ3n) is 6.57. The smallest absolute Gasteiger partial charge is 0.267 e. The normalized spacial score (nSPS) is 19.3. The van der Waals surface area contributed by atoms with Crippen LogP contribution in [0.3, 0.4) is 0 Å². The monoisotopic (exact) mass is 445 g/mol. The van der Waals surface area contributed by atoms with E-state index in [-0.39, 0.29) is 5.91 Å². The van der Waals surface area contributed by atoms with Gasteiger partial charge in [0.05, 0.1) is 18.4 Å². The zero-order chi connectivity index (χ0) is 22.2. The quantitative estimate of drug-likeness (QED) is 0.406. The number of ether oxygens (including phenoxy) is 1. The molecule has 31 heavy (non-hydrogen) atoms. The molecule has 0 spiro atoms. The van der Waals surface area contributed by atoms with Gasteiger partial charge in [0.2, 0.25) is 0 Å². The largest absolute Gasteiger partial charge is 0.496 e. The van der Waals surface area contributed by atoms with Crippen molar-refractivity contribution in [2.75, 3.05) is 20.2 Å². The van der Waals surface area contributed by atoms with Gasteiger partial charge in [-0.2, -0.15) is 0 Å². The highest BCUT2D eigenvalue weighted by atomic mass is 35.5. The molecule has 1 saturated heterocycles. The molecule has 1 aliphatic heterocycles. The standard InChI is InChI=1S/C25H36ClN3O2/c1-4-24(31-3)21(13-14-26)23-17-22(25(30)27-28-15-9-6-10-16-28)19(2)29(23)18-20-11-7-5-8-12-20/h4,13-14,17,20H,1,5-12,15-16,18H2,2-3H3,(H,27,30)/b14-13+,24-21-. The molecule has 2 fully saturated rings. The third-order valence-corrected chi connectivity index (χ3v) is 6.69. The maximum atomic E-state index is 13.2. The van der Waals surface area contributed by atoms with Gasteiger partial charge in [0.25, 0.3) is 5.91 Å². The molecular weight excluding hydrogens is 410 g/mol. The van der Waals surface area contributed by atoms with Gasteiger partial charge in [-0.1, -0.05) is 43.9 Å². The molecule has 2 heterocycles.